The van der Waals surface area contributed by atoms with E-state index >= 15 is 0 Å². The van der Waals surface area contributed by atoms with Gasteiger partial charge in [0.1, 0.15) is 0 Å². The molecule has 3 heterocycles. The first-order valence-corrected chi connectivity index (χ1v) is 10.1. The molecule has 0 bridgehead atoms. The fourth-order valence-electron chi connectivity index (χ4n) is 3.77. The van der Waals surface area contributed by atoms with Crippen LogP contribution >= 0.6 is 11.6 Å². The van der Waals surface area contributed by atoms with Gasteiger partial charge in [-0.3, -0.25) is 19.3 Å². The Balaban J connectivity index is 1.99. The van der Waals surface area contributed by atoms with Gasteiger partial charge in [-0.25, -0.2) is 0 Å². The van der Waals surface area contributed by atoms with Crippen LogP contribution in [0.15, 0.2) is 52.5 Å². The Hall–Kier alpha value is -3.19. The lowest BCUT2D eigenvalue weighted by molar-refractivity contribution is -0.121. The highest BCUT2D eigenvalue weighted by Gasteiger charge is 2.29. The maximum atomic E-state index is 12.5. The minimum Gasteiger partial charge on any atom is -0.356 e. The van der Waals surface area contributed by atoms with Crippen molar-refractivity contribution in [3.05, 3.63) is 74.9 Å². The highest BCUT2D eigenvalue weighted by Crippen LogP contribution is 2.38. The Labute approximate surface area is 179 Å². The van der Waals surface area contributed by atoms with Gasteiger partial charge in [-0.05, 0) is 24.6 Å². The second-order valence-electron chi connectivity index (χ2n) is 7.28. The van der Waals surface area contributed by atoms with Crippen molar-refractivity contribution in [1.82, 2.24) is 19.7 Å². The van der Waals surface area contributed by atoms with Gasteiger partial charge in [0.05, 0.1) is 30.1 Å². The summed E-state index contributed by atoms with van der Waals surface area (Å²) >= 11 is 6.09. The number of hydrogen-bond donors (Lipinski definition) is 1. The Bertz CT molecular complexity index is 1210. The molecule has 1 atom stereocenters. The molecule has 154 valence electrons. The summed E-state index contributed by atoms with van der Waals surface area (Å²) in [6, 6.07) is 8.49. The lowest BCUT2D eigenvalue weighted by Gasteiger charge is -2.16. The molecule has 3 aromatic rings. The number of aromatic nitrogens is 3. The third-order valence-corrected chi connectivity index (χ3v) is 5.48. The number of fused-ring (bicyclic) bond motifs is 3. The van der Waals surface area contributed by atoms with E-state index in [4.69, 9.17) is 16.6 Å². The van der Waals surface area contributed by atoms with Crippen LogP contribution in [-0.2, 0) is 18.9 Å². The predicted octanol–water partition coefficient (Wildman–Crippen LogP) is 2.86. The van der Waals surface area contributed by atoms with E-state index in [1.807, 2.05) is 38.2 Å². The van der Waals surface area contributed by atoms with Crippen molar-refractivity contribution < 1.29 is 4.79 Å². The molecular formula is C22H22ClN5O2. The van der Waals surface area contributed by atoms with Gasteiger partial charge >= 0.3 is 0 Å². The SMILES string of the molecule is CCNC(=O)C[C@H]1N=C(c2ccc(Cl)cc2)c2c(cnn2C)-c2cn(C)c(=O)cc21. The molecule has 1 aliphatic rings. The van der Waals surface area contributed by atoms with Crippen LogP contribution in [0.1, 0.15) is 36.2 Å². The molecule has 0 saturated heterocycles. The monoisotopic (exact) mass is 423 g/mol. The maximum absolute atomic E-state index is 12.5. The number of rotatable bonds is 4. The average molecular weight is 424 g/mol. The number of nitrogens with zero attached hydrogens (tertiary/aromatic N) is 4. The van der Waals surface area contributed by atoms with Crippen molar-refractivity contribution in [2.24, 2.45) is 19.1 Å². The predicted molar refractivity (Wildman–Crippen MR) is 117 cm³/mol. The number of halogens is 1. The molecule has 0 spiro atoms. The summed E-state index contributed by atoms with van der Waals surface area (Å²) in [5.74, 6) is -0.114. The Morgan fingerprint density at radius 3 is 2.63 bits per heavy atom. The molecule has 30 heavy (non-hydrogen) atoms. The Morgan fingerprint density at radius 1 is 1.20 bits per heavy atom. The van der Waals surface area contributed by atoms with E-state index in [1.165, 1.54) is 4.57 Å². The summed E-state index contributed by atoms with van der Waals surface area (Å²) in [4.78, 5) is 29.9. The Kier molecular flexibility index (Phi) is 5.30. The molecule has 0 radical (unpaired) electrons. The molecule has 2 aromatic heterocycles. The van der Waals surface area contributed by atoms with E-state index in [2.05, 4.69) is 10.4 Å². The quantitative estimate of drug-likeness (QED) is 0.700. The van der Waals surface area contributed by atoms with Crippen molar-refractivity contribution in [1.29, 1.82) is 0 Å². The molecule has 4 rings (SSSR count). The van der Waals surface area contributed by atoms with Crippen molar-refractivity contribution in [3.63, 3.8) is 0 Å². The molecule has 1 N–H and O–H groups in total. The van der Waals surface area contributed by atoms with Crippen molar-refractivity contribution in [3.8, 4) is 11.1 Å². The first-order chi connectivity index (χ1) is 14.4. The highest BCUT2D eigenvalue weighted by molar-refractivity contribution is 6.30. The van der Waals surface area contributed by atoms with Crippen LogP contribution in [0.25, 0.3) is 11.1 Å². The number of nitrogens with one attached hydrogen (secondary N) is 1. The van der Waals surface area contributed by atoms with Crippen LogP contribution in [0.2, 0.25) is 5.02 Å². The highest BCUT2D eigenvalue weighted by atomic mass is 35.5. The molecule has 0 saturated carbocycles. The minimum absolute atomic E-state index is 0.114. The standard InChI is InChI=1S/C22H22ClN5O2/c1-4-24-19(29)10-18-15-9-20(30)27(2)12-17(15)16-11-25-28(3)22(16)21(26-18)13-5-7-14(23)8-6-13/h5-9,11-12,18H,4,10H2,1-3H3,(H,24,29)/t18-/m1/s1. The maximum Gasteiger partial charge on any atom is 0.250 e. The normalized spacial score (nSPS) is 15.1. The van der Waals surface area contributed by atoms with Gasteiger partial charge in [-0.2, -0.15) is 5.10 Å². The fourth-order valence-corrected chi connectivity index (χ4v) is 3.89. The van der Waals surface area contributed by atoms with Gasteiger partial charge in [0.2, 0.25) is 5.91 Å². The molecule has 1 amide bonds. The lowest BCUT2D eigenvalue weighted by Crippen LogP contribution is -2.25. The van der Waals surface area contributed by atoms with E-state index in [-0.39, 0.29) is 17.9 Å². The van der Waals surface area contributed by atoms with Crippen molar-refractivity contribution in [2.45, 2.75) is 19.4 Å². The van der Waals surface area contributed by atoms with Gasteiger partial charge in [-0.1, -0.05) is 23.7 Å². The zero-order chi connectivity index (χ0) is 21.4. The summed E-state index contributed by atoms with van der Waals surface area (Å²) in [6.07, 6.45) is 3.72. The fraction of sp³-hybridized carbons (Fsp3) is 0.273. The third-order valence-electron chi connectivity index (χ3n) is 5.23. The second kappa shape index (κ2) is 7.91. The van der Waals surface area contributed by atoms with Crippen LogP contribution in [-0.4, -0.2) is 32.5 Å². The number of amides is 1. The first-order valence-electron chi connectivity index (χ1n) is 9.72. The Morgan fingerprint density at radius 2 is 1.93 bits per heavy atom. The number of benzene rings is 1. The van der Waals surface area contributed by atoms with Gasteiger partial charge in [0.25, 0.3) is 5.56 Å². The van der Waals surface area contributed by atoms with Gasteiger partial charge in [0, 0.05) is 54.6 Å². The average Bonchev–Trinajstić information content (AvgIpc) is 3.03. The number of pyridine rings is 1. The number of aliphatic imine (C=N–C) groups is 1. The largest absolute Gasteiger partial charge is 0.356 e. The number of hydrogen-bond acceptors (Lipinski definition) is 4. The van der Waals surface area contributed by atoms with Gasteiger partial charge in [-0.15, -0.1) is 0 Å². The van der Waals surface area contributed by atoms with E-state index in [9.17, 15) is 9.59 Å². The second-order valence-corrected chi connectivity index (χ2v) is 7.72. The zero-order valence-electron chi connectivity index (χ0n) is 17.0. The molecule has 0 unspecified atom stereocenters. The molecule has 8 heteroatoms. The third kappa shape index (κ3) is 3.57. The van der Waals surface area contributed by atoms with E-state index in [0.717, 1.165) is 27.9 Å². The van der Waals surface area contributed by atoms with Crippen LogP contribution in [0.4, 0.5) is 0 Å². The van der Waals surface area contributed by atoms with Crippen molar-refractivity contribution >= 4 is 23.2 Å². The van der Waals surface area contributed by atoms with Crippen LogP contribution in [0.3, 0.4) is 0 Å². The summed E-state index contributed by atoms with van der Waals surface area (Å²) in [7, 11) is 3.57. The molecule has 7 nitrogen and oxygen atoms in total. The number of carbonyl (C=O) groups is 1. The molecule has 1 aliphatic heterocycles. The van der Waals surface area contributed by atoms with E-state index < -0.39 is 6.04 Å². The minimum atomic E-state index is -0.501. The van der Waals surface area contributed by atoms with Crippen LogP contribution in [0, 0.1) is 0 Å². The first kappa shape index (κ1) is 20.1. The number of aryl methyl sites for hydroxylation is 2. The molecule has 0 fully saturated rings. The zero-order valence-corrected chi connectivity index (χ0v) is 17.8. The molecular weight excluding hydrogens is 402 g/mol. The van der Waals surface area contributed by atoms with Crippen molar-refractivity contribution in [2.75, 3.05) is 6.54 Å². The van der Waals surface area contributed by atoms with E-state index in [1.54, 1.807) is 30.2 Å². The van der Waals surface area contributed by atoms with Gasteiger partial charge < -0.3 is 9.88 Å². The number of carbonyl (C=O) groups excluding carboxylic acids is 1. The molecule has 0 aliphatic carbocycles. The summed E-state index contributed by atoms with van der Waals surface area (Å²) in [6.45, 7) is 2.41. The lowest BCUT2D eigenvalue weighted by atomic mass is 9.96. The smallest absolute Gasteiger partial charge is 0.250 e. The van der Waals surface area contributed by atoms with Crippen LogP contribution < -0.4 is 10.9 Å². The molecule has 1 aromatic carbocycles. The van der Waals surface area contributed by atoms with Crippen LogP contribution in [0.5, 0.6) is 0 Å². The topological polar surface area (TPSA) is 81.3 Å². The summed E-state index contributed by atoms with van der Waals surface area (Å²) < 4.78 is 3.30. The summed E-state index contributed by atoms with van der Waals surface area (Å²) in [5, 5.41) is 7.90. The van der Waals surface area contributed by atoms with E-state index in [0.29, 0.717) is 17.3 Å². The summed E-state index contributed by atoms with van der Waals surface area (Å²) in [5.41, 5.74) is 4.70. The van der Waals surface area contributed by atoms with Gasteiger partial charge in [0.15, 0.2) is 0 Å².